The second kappa shape index (κ2) is 9.59. The summed E-state index contributed by atoms with van der Waals surface area (Å²) < 4.78 is 5.19. The summed E-state index contributed by atoms with van der Waals surface area (Å²) in [5.74, 6) is 3.03. The molecule has 1 aliphatic heterocycles. The zero-order valence-electron chi connectivity index (χ0n) is 21.4. The maximum atomic E-state index is 13.6. The Labute approximate surface area is 209 Å². The minimum atomic E-state index is -0.496. The highest BCUT2D eigenvalue weighted by Gasteiger charge is 2.55. The van der Waals surface area contributed by atoms with E-state index in [1.165, 1.54) is 19.3 Å². The van der Waals surface area contributed by atoms with E-state index in [2.05, 4.69) is 5.32 Å². The summed E-state index contributed by atoms with van der Waals surface area (Å²) in [4.78, 5) is 42.0. The van der Waals surface area contributed by atoms with Gasteiger partial charge < -0.3 is 15.0 Å². The molecule has 4 saturated carbocycles. The Morgan fingerprint density at radius 1 is 0.943 bits per heavy atom. The van der Waals surface area contributed by atoms with E-state index in [1.807, 2.05) is 43.0 Å². The largest absolute Gasteiger partial charge is 0.497 e. The third-order valence-electron chi connectivity index (χ3n) is 9.29. The summed E-state index contributed by atoms with van der Waals surface area (Å²) in [6, 6.07) is 6.75. The fraction of sp³-hybridized carbons (Fsp3) is 0.690. The van der Waals surface area contributed by atoms with Crippen LogP contribution in [-0.4, -0.2) is 48.7 Å². The Morgan fingerprint density at radius 3 is 1.97 bits per heavy atom. The van der Waals surface area contributed by atoms with Gasteiger partial charge >= 0.3 is 0 Å². The van der Waals surface area contributed by atoms with Crippen molar-refractivity contribution in [2.75, 3.05) is 20.2 Å². The van der Waals surface area contributed by atoms with Crippen LogP contribution in [0, 0.1) is 35.0 Å². The first-order chi connectivity index (χ1) is 16.8. The molecule has 2 amide bonds. The van der Waals surface area contributed by atoms with Crippen LogP contribution in [0.15, 0.2) is 24.3 Å². The number of carbonyl (C=O) groups excluding carboxylic acids is 3. The van der Waals surface area contributed by atoms with E-state index in [0.29, 0.717) is 49.2 Å². The van der Waals surface area contributed by atoms with Gasteiger partial charge in [0.1, 0.15) is 11.8 Å². The van der Waals surface area contributed by atoms with Crippen molar-refractivity contribution in [1.82, 2.24) is 10.2 Å². The topological polar surface area (TPSA) is 75.7 Å². The summed E-state index contributed by atoms with van der Waals surface area (Å²) in [5, 5.41) is 3.23. The molecule has 1 heterocycles. The number of Topliss-reactive ketones (excluding diaryl/α,β-unsaturated/α-hetero) is 1. The molecule has 35 heavy (non-hydrogen) atoms. The van der Waals surface area contributed by atoms with Gasteiger partial charge in [-0.2, -0.15) is 0 Å². The van der Waals surface area contributed by atoms with E-state index in [9.17, 15) is 14.4 Å². The molecule has 0 radical (unpaired) electrons. The van der Waals surface area contributed by atoms with Gasteiger partial charge in [0.15, 0.2) is 5.78 Å². The van der Waals surface area contributed by atoms with Crippen LogP contribution in [0.3, 0.4) is 0 Å². The van der Waals surface area contributed by atoms with Crippen LogP contribution in [0.2, 0.25) is 0 Å². The molecule has 6 heteroatoms. The third-order valence-corrected chi connectivity index (χ3v) is 9.29. The predicted octanol–water partition coefficient (Wildman–Crippen LogP) is 4.47. The van der Waals surface area contributed by atoms with Gasteiger partial charge in [0, 0.05) is 30.0 Å². The van der Waals surface area contributed by atoms with E-state index in [-0.39, 0.29) is 34.8 Å². The molecule has 190 valence electrons. The van der Waals surface area contributed by atoms with Crippen LogP contribution in [0.5, 0.6) is 5.75 Å². The number of benzene rings is 1. The van der Waals surface area contributed by atoms with Crippen molar-refractivity contribution in [3.63, 3.8) is 0 Å². The first-order valence-electron chi connectivity index (χ1n) is 13.6. The molecule has 5 fully saturated rings. The van der Waals surface area contributed by atoms with Gasteiger partial charge in [0.05, 0.1) is 7.11 Å². The number of rotatable bonds is 7. The molecular weight excluding hydrogens is 440 g/mol. The van der Waals surface area contributed by atoms with Crippen LogP contribution >= 0.6 is 0 Å². The lowest BCUT2D eigenvalue weighted by Gasteiger charge is -2.56. The van der Waals surface area contributed by atoms with E-state index >= 15 is 0 Å². The first-order valence-corrected chi connectivity index (χ1v) is 13.6. The van der Waals surface area contributed by atoms with Gasteiger partial charge in [0.25, 0.3) is 0 Å². The Kier molecular flexibility index (Phi) is 6.67. The number of nitrogens with one attached hydrogen (secondary N) is 1. The van der Waals surface area contributed by atoms with Crippen molar-refractivity contribution < 1.29 is 19.1 Å². The average Bonchev–Trinajstić information content (AvgIpc) is 2.85. The van der Waals surface area contributed by atoms with Crippen LogP contribution in [-0.2, 0) is 9.59 Å². The van der Waals surface area contributed by atoms with Gasteiger partial charge in [-0.1, -0.05) is 13.8 Å². The van der Waals surface area contributed by atoms with Crippen LogP contribution in [0.1, 0.15) is 75.6 Å². The molecule has 1 unspecified atom stereocenters. The Morgan fingerprint density at radius 2 is 1.49 bits per heavy atom. The van der Waals surface area contributed by atoms with Crippen molar-refractivity contribution in [3.05, 3.63) is 29.8 Å². The number of nitrogens with zero attached hydrogens (tertiary/aromatic N) is 1. The molecule has 1 N–H and O–H groups in total. The fourth-order valence-corrected chi connectivity index (χ4v) is 7.75. The van der Waals surface area contributed by atoms with Gasteiger partial charge in [-0.05, 0) is 99.3 Å². The van der Waals surface area contributed by atoms with Crippen molar-refractivity contribution in [2.45, 2.75) is 71.3 Å². The number of hydrogen-bond acceptors (Lipinski definition) is 4. The molecule has 6 nitrogen and oxygen atoms in total. The van der Waals surface area contributed by atoms with Gasteiger partial charge in [-0.3, -0.25) is 14.4 Å². The minimum absolute atomic E-state index is 0.00780. The Hall–Kier alpha value is -2.37. The van der Waals surface area contributed by atoms with Crippen molar-refractivity contribution in [3.8, 4) is 5.75 Å². The van der Waals surface area contributed by atoms with E-state index in [0.717, 1.165) is 25.0 Å². The number of ether oxygens (including phenoxy) is 1. The average molecular weight is 481 g/mol. The standard InChI is InChI=1S/C29H40N2O4/c1-18(2)25(30-28(34)29-15-19-12-20(16-29)14-21(13-19)17-29)27(33)31-10-8-23(9-11-31)26(32)22-4-6-24(35-3)7-5-22/h4-7,18-21,23,25H,8-17H2,1-3H3,(H,30,34). The van der Waals surface area contributed by atoms with E-state index in [4.69, 9.17) is 4.74 Å². The summed E-state index contributed by atoms with van der Waals surface area (Å²) in [5.41, 5.74) is 0.443. The second-order valence-electron chi connectivity index (χ2n) is 12.1. The second-order valence-corrected chi connectivity index (χ2v) is 12.1. The normalized spacial score (nSPS) is 30.9. The molecule has 6 rings (SSSR count). The van der Waals surface area contributed by atoms with Gasteiger partial charge in [0.2, 0.25) is 11.8 Å². The molecule has 4 aliphatic carbocycles. The fourth-order valence-electron chi connectivity index (χ4n) is 7.75. The highest BCUT2D eigenvalue weighted by Crippen LogP contribution is 2.60. The van der Waals surface area contributed by atoms with Crippen molar-refractivity contribution in [1.29, 1.82) is 0 Å². The summed E-state index contributed by atoms with van der Waals surface area (Å²) in [7, 11) is 1.61. The van der Waals surface area contributed by atoms with Crippen molar-refractivity contribution in [2.24, 2.45) is 35.0 Å². The molecule has 0 aromatic heterocycles. The quantitative estimate of drug-likeness (QED) is 0.584. The Bertz CT molecular complexity index is 926. The molecule has 0 spiro atoms. The van der Waals surface area contributed by atoms with E-state index in [1.54, 1.807) is 7.11 Å². The zero-order valence-corrected chi connectivity index (χ0v) is 21.4. The first kappa shape index (κ1) is 24.3. The summed E-state index contributed by atoms with van der Waals surface area (Å²) in [6.07, 6.45) is 8.21. The number of methoxy groups -OCH3 is 1. The zero-order chi connectivity index (χ0) is 24.7. The molecule has 1 aromatic rings. The summed E-state index contributed by atoms with van der Waals surface area (Å²) in [6.45, 7) is 5.15. The maximum Gasteiger partial charge on any atom is 0.245 e. The van der Waals surface area contributed by atoms with Crippen molar-refractivity contribution >= 4 is 17.6 Å². The lowest BCUT2D eigenvalue weighted by Crippen LogP contribution is -2.59. The molecule has 1 aromatic carbocycles. The number of amides is 2. The molecule has 4 bridgehead atoms. The minimum Gasteiger partial charge on any atom is -0.497 e. The highest BCUT2D eigenvalue weighted by atomic mass is 16.5. The number of likely N-dealkylation sites (tertiary alicyclic amines) is 1. The van der Waals surface area contributed by atoms with Gasteiger partial charge in [-0.25, -0.2) is 0 Å². The monoisotopic (exact) mass is 480 g/mol. The number of ketones is 1. The Balaban J connectivity index is 1.19. The smallest absolute Gasteiger partial charge is 0.245 e. The molecule has 1 saturated heterocycles. The number of carbonyl (C=O) groups is 3. The number of hydrogen-bond donors (Lipinski definition) is 1. The van der Waals surface area contributed by atoms with Gasteiger partial charge in [-0.15, -0.1) is 0 Å². The predicted molar refractivity (Wildman–Crippen MR) is 134 cm³/mol. The van der Waals surface area contributed by atoms with E-state index < -0.39 is 6.04 Å². The third kappa shape index (κ3) is 4.73. The lowest BCUT2D eigenvalue weighted by molar-refractivity contribution is -0.151. The highest BCUT2D eigenvalue weighted by molar-refractivity contribution is 5.98. The molecule has 5 aliphatic rings. The van der Waals surface area contributed by atoms with Crippen LogP contribution in [0.4, 0.5) is 0 Å². The van der Waals surface area contributed by atoms with Crippen LogP contribution < -0.4 is 10.1 Å². The summed E-state index contributed by atoms with van der Waals surface area (Å²) >= 11 is 0. The van der Waals surface area contributed by atoms with Crippen LogP contribution in [0.25, 0.3) is 0 Å². The molecule has 1 atom stereocenters. The molecular formula is C29H40N2O4. The maximum absolute atomic E-state index is 13.6. The SMILES string of the molecule is COc1ccc(C(=O)C2CCN(C(=O)C(NC(=O)C34CC5CC(CC(C5)C3)C4)C(C)C)CC2)cc1. The lowest BCUT2D eigenvalue weighted by atomic mass is 9.49. The number of piperidine rings is 1.